The fourth-order valence-corrected chi connectivity index (χ4v) is 3.00. The van der Waals surface area contributed by atoms with E-state index < -0.39 is 0 Å². The predicted molar refractivity (Wildman–Crippen MR) is 101 cm³/mol. The Kier molecular flexibility index (Phi) is 5.10. The van der Waals surface area contributed by atoms with E-state index in [1.165, 1.54) is 11.1 Å². The third kappa shape index (κ3) is 3.56. The number of benzene rings is 3. The Morgan fingerprint density at radius 3 is 1.83 bits per heavy atom. The number of rotatable bonds is 5. The average Bonchev–Trinajstić information content (AvgIpc) is 2.63. The molecule has 1 heteroatoms. The molecule has 0 N–H and O–H groups in total. The maximum atomic E-state index is 14.6. The number of hydrogen-bond acceptors (Lipinski definition) is 0. The standard InChI is InChI=1S/C23H23F/c1-3-5-18-8-10-19(11-9-18)21-14-15-22(23(24)16-21)20-12-6-17(4-2)7-13-20/h6-16H,3-5H2,1-2H3. The van der Waals surface area contributed by atoms with Crippen LogP contribution >= 0.6 is 0 Å². The van der Waals surface area contributed by atoms with E-state index >= 15 is 0 Å². The summed E-state index contributed by atoms with van der Waals surface area (Å²) in [5.41, 5.74) is 6.15. The van der Waals surface area contributed by atoms with Crippen LogP contribution in [0.25, 0.3) is 22.3 Å². The minimum absolute atomic E-state index is 0.172. The molecule has 3 rings (SSSR count). The van der Waals surface area contributed by atoms with Crippen molar-refractivity contribution in [2.75, 3.05) is 0 Å². The summed E-state index contributed by atoms with van der Waals surface area (Å²) in [6, 6.07) is 22.1. The van der Waals surface area contributed by atoms with Crippen LogP contribution in [0.3, 0.4) is 0 Å². The molecule has 0 aliphatic heterocycles. The van der Waals surface area contributed by atoms with Crippen LogP contribution in [0.4, 0.5) is 4.39 Å². The van der Waals surface area contributed by atoms with E-state index in [1.54, 1.807) is 6.07 Å². The zero-order valence-electron chi connectivity index (χ0n) is 14.4. The molecule has 0 saturated carbocycles. The second kappa shape index (κ2) is 7.44. The summed E-state index contributed by atoms with van der Waals surface area (Å²) in [6.45, 7) is 4.30. The summed E-state index contributed by atoms with van der Waals surface area (Å²) in [5.74, 6) is -0.172. The van der Waals surface area contributed by atoms with Crippen LogP contribution in [0.15, 0.2) is 66.7 Å². The number of aryl methyl sites for hydroxylation is 2. The lowest BCUT2D eigenvalue weighted by Crippen LogP contribution is -1.88. The molecule has 0 aromatic heterocycles. The molecule has 0 aliphatic carbocycles. The largest absolute Gasteiger partial charge is 0.206 e. The molecule has 0 radical (unpaired) electrons. The van der Waals surface area contributed by atoms with Crippen molar-refractivity contribution >= 4 is 0 Å². The van der Waals surface area contributed by atoms with Gasteiger partial charge >= 0.3 is 0 Å². The quantitative estimate of drug-likeness (QED) is 0.492. The van der Waals surface area contributed by atoms with E-state index in [9.17, 15) is 4.39 Å². The smallest absolute Gasteiger partial charge is 0.131 e. The SMILES string of the molecule is CCCc1ccc(-c2ccc(-c3ccc(CC)cc3)c(F)c2)cc1. The summed E-state index contributed by atoms with van der Waals surface area (Å²) in [5, 5.41) is 0. The molecule has 0 heterocycles. The highest BCUT2D eigenvalue weighted by molar-refractivity contribution is 5.71. The third-order valence-corrected chi connectivity index (χ3v) is 4.47. The van der Waals surface area contributed by atoms with E-state index in [4.69, 9.17) is 0 Å². The van der Waals surface area contributed by atoms with E-state index in [-0.39, 0.29) is 5.82 Å². The lowest BCUT2D eigenvalue weighted by molar-refractivity contribution is 0.632. The first-order valence-electron chi connectivity index (χ1n) is 8.69. The summed E-state index contributed by atoms with van der Waals surface area (Å²) in [6.07, 6.45) is 3.22. The van der Waals surface area contributed by atoms with Gasteiger partial charge in [0.25, 0.3) is 0 Å². The van der Waals surface area contributed by atoms with Gasteiger partial charge in [-0.3, -0.25) is 0 Å². The van der Waals surface area contributed by atoms with Gasteiger partial charge in [-0.1, -0.05) is 80.9 Å². The van der Waals surface area contributed by atoms with Crippen molar-refractivity contribution in [2.45, 2.75) is 33.1 Å². The molecule has 0 bridgehead atoms. The fraction of sp³-hybridized carbons (Fsp3) is 0.217. The van der Waals surface area contributed by atoms with Crippen LogP contribution < -0.4 is 0 Å². The average molecular weight is 318 g/mol. The molecule has 24 heavy (non-hydrogen) atoms. The minimum atomic E-state index is -0.172. The Morgan fingerprint density at radius 2 is 1.25 bits per heavy atom. The molecule has 122 valence electrons. The Labute approximate surface area is 144 Å². The molecule has 3 aromatic carbocycles. The van der Waals surface area contributed by atoms with Gasteiger partial charge in [0.05, 0.1) is 0 Å². The molecular weight excluding hydrogens is 295 g/mol. The molecule has 0 unspecified atom stereocenters. The molecule has 0 saturated heterocycles. The van der Waals surface area contributed by atoms with Gasteiger partial charge in [0.1, 0.15) is 5.82 Å². The second-order valence-electron chi connectivity index (χ2n) is 6.19. The van der Waals surface area contributed by atoms with Crippen molar-refractivity contribution in [1.29, 1.82) is 0 Å². The van der Waals surface area contributed by atoms with Gasteiger partial charge in [0.2, 0.25) is 0 Å². The van der Waals surface area contributed by atoms with Gasteiger partial charge in [-0.25, -0.2) is 4.39 Å². The molecule has 3 aromatic rings. The van der Waals surface area contributed by atoms with E-state index in [0.717, 1.165) is 36.0 Å². The van der Waals surface area contributed by atoms with Gasteiger partial charge in [-0.2, -0.15) is 0 Å². The van der Waals surface area contributed by atoms with Crippen LogP contribution in [-0.4, -0.2) is 0 Å². The van der Waals surface area contributed by atoms with Crippen molar-refractivity contribution in [3.8, 4) is 22.3 Å². The second-order valence-corrected chi connectivity index (χ2v) is 6.19. The Morgan fingerprint density at radius 1 is 0.667 bits per heavy atom. The molecule has 0 atom stereocenters. The molecule has 0 aliphatic rings. The van der Waals surface area contributed by atoms with Crippen molar-refractivity contribution in [1.82, 2.24) is 0 Å². The van der Waals surface area contributed by atoms with Crippen molar-refractivity contribution in [3.05, 3.63) is 83.7 Å². The monoisotopic (exact) mass is 318 g/mol. The Hall–Kier alpha value is -2.41. The topological polar surface area (TPSA) is 0 Å². The van der Waals surface area contributed by atoms with E-state index in [2.05, 4.69) is 50.2 Å². The number of halogens is 1. The first-order chi connectivity index (χ1) is 11.7. The van der Waals surface area contributed by atoms with Gasteiger partial charge in [0, 0.05) is 5.56 Å². The van der Waals surface area contributed by atoms with Gasteiger partial charge in [-0.15, -0.1) is 0 Å². The maximum absolute atomic E-state index is 14.6. The van der Waals surface area contributed by atoms with E-state index in [1.807, 2.05) is 24.3 Å². The van der Waals surface area contributed by atoms with Crippen LogP contribution in [0.2, 0.25) is 0 Å². The molecule has 0 fully saturated rings. The van der Waals surface area contributed by atoms with E-state index in [0.29, 0.717) is 5.56 Å². The number of hydrogen-bond donors (Lipinski definition) is 0. The third-order valence-electron chi connectivity index (χ3n) is 4.47. The molecule has 0 spiro atoms. The highest BCUT2D eigenvalue weighted by atomic mass is 19.1. The van der Waals surface area contributed by atoms with Crippen LogP contribution in [-0.2, 0) is 12.8 Å². The zero-order chi connectivity index (χ0) is 16.9. The van der Waals surface area contributed by atoms with Gasteiger partial charge in [-0.05, 0) is 46.7 Å². The lowest BCUT2D eigenvalue weighted by atomic mass is 9.97. The van der Waals surface area contributed by atoms with Crippen molar-refractivity contribution < 1.29 is 4.39 Å². The Bertz CT molecular complexity index is 798. The molecule has 0 amide bonds. The van der Waals surface area contributed by atoms with Crippen LogP contribution in [0.1, 0.15) is 31.4 Å². The molecule has 0 nitrogen and oxygen atoms in total. The first-order valence-corrected chi connectivity index (χ1v) is 8.69. The van der Waals surface area contributed by atoms with Crippen molar-refractivity contribution in [3.63, 3.8) is 0 Å². The van der Waals surface area contributed by atoms with Crippen LogP contribution in [0, 0.1) is 5.82 Å². The van der Waals surface area contributed by atoms with Gasteiger partial charge < -0.3 is 0 Å². The molecular formula is C23H23F. The van der Waals surface area contributed by atoms with Crippen molar-refractivity contribution in [2.24, 2.45) is 0 Å². The Balaban J connectivity index is 1.88. The highest BCUT2D eigenvalue weighted by Gasteiger charge is 2.07. The normalized spacial score (nSPS) is 10.8. The summed E-state index contributed by atoms with van der Waals surface area (Å²) in [4.78, 5) is 0. The lowest BCUT2D eigenvalue weighted by Gasteiger charge is -2.08. The van der Waals surface area contributed by atoms with Gasteiger partial charge in [0.15, 0.2) is 0 Å². The maximum Gasteiger partial charge on any atom is 0.131 e. The highest BCUT2D eigenvalue weighted by Crippen LogP contribution is 2.28. The summed E-state index contributed by atoms with van der Waals surface area (Å²) < 4.78 is 14.6. The fourth-order valence-electron chi connectivity index (χ4n) is 3.00. The summed E-state index contributed by atoms with van der Waals surface area (Å²) >= 11 is 0. The minimum Gasteiger partial charge on any atom is -0.206 e. The summed E-state index contributed by atoms with van der Waals surface area (Å²) in [7, 11) is 0. The van der Waals surface area contributed by atoms with Crippen LogP contribution in [0.5, 0.6) is 0 Å². The zero-order valence-corrected chi connectivity index (χ0v) is 14.4. The predicted octanol–water partition coefficient (Wildman–Crippen LogP) is 6.67. The first kappa shape index (κ1) is 16.4.